The van der Waals surface area contributed by atoms with Crippen molar-refractivity contribution in [2.75, 3.05) is 5.01 Å². The molecule has 0 radical (unpaired) electrons. The van der Waals surface area contributed by atoms with E-state index >= 15 is 0 Å². The number of hydrazine groups is 1. The van der Waals surface area contributed by atoms with Crippen molar-refractivity contribution in [2.24, 2.45) is 0 Å². The lowest BCUT2D eigenvalue weighted by molar-refractivity contribution is -0.117. The SMILES string of the molecule is O=C1NN(c2ccccc2)C(=O)C1=Cc1cc(Cl)ccc1OC(=O)c1ccc(Br)cc1. The molecule has 4 rings (SSSR count). The van der Waals surface area contributed by atoms with Crippen LogP contribution < -0.4 is 15.2 Å². The first-order valence-electron chi connectivity index (χ1n) is 9.12. The van der Waals surface area contributed by atoms with E-state index in [9.17, 15) is 14.4 Å². The quantitative estimate of drug-likeness (QED) is 0.244. The number of carbonyl (C=O) groups excluding carboxylic acids is 3. The standard InChI is InChI=1S/C23H14BrClN2O4/c24-16-8-6-14(7-9-16)23(30)31-20-11-10-17(25)12-15(20)13-19-21(28)26-27(22(19)29)18-4-2-1-3-5-18/h1-13H,(H,26,28). The summed E-state index contributed by atoms with van der Waals surface area (Å²) in [6.07, 6.45) is 1.36. The Hall–Kier alpha value is -3.42. The molecule has 2 amide bonds. The Morgan fingerprint density at radius 2 is 1.71 bits per heavy atom. The van der Waals surface area contributed by atoms with E-state index in [1.54, 1.807) is 60.7 Å². The fourth-order valence-electron chi connectivity index (χ4n) is 2.94. The van der Waals surface area contributed by atoms with Gasteiger partial charge in [0.15, 0.2) is 0 Å². The number of esters is 1. The smallest absolute Gasteiger partial charge is 0.343 e. The number of halogens is 2. The third-order valence-corrected chi connectivity index (χ3v) is 5.22. The maximum absolute atomic E-state index is 12.8. The Morgan fingerprint density at radius 1 is 1.00 bits per heavy atom. The van der Waals surface area contributed by atoms with E-state index in [2.05, 4.69) is 21.4 Å². The van der Waals surface area contributed by atoms with Crippen molar-refractivity contribution in [3.63, 3.8) is 0 Å². The summed E-state index contributed by atoms with van der Waals surface area (Å²) in [7, 11) is 0. The first-order valence-corrected chi connectivity index (χ1v) is 10.3. The van der Waals surface area contributed by atoms with Crippen molar-refractivity contribution >= 4 is 57.1 Å². The minimum atomic E-state index is -0.581. The molecule has 1 fully saturated rings. The zero-order chi connectivity index (χ0) is 22.0. The highest BCUT2D eigenvalue weighted by atomic mass is 79.9. The number of nitrogens with one attached hydrogen (secondary N) is 1. The van der Waals surface area contributed by atoms with Crippen LogP contribution in [0.15, 0.2) is 82.8 Å². The molecule has 0 saturated carbocycles. The van der Waals surface area contributed by atoms with Gasteiger partial charge in [0.25, 0.3) is 11.8 Å². The largest absolute Gasteiger partial charge is 0.422 e. The van der Waals surface area contributed by atoms with Gasteiger partial charge in [0.05, 0.1) is 11.3 Å². The topological polar surface area (TPSA) is 75.7 Å². The summed E-state index contributed by atoms with van der Waals surface area (Å²) in [6, 6.07) is 20.0. The van der Waals surface area contributed by atoms with E-state index in [0.29, 0.717) is 21.8 Å². The monoisotopic (exact) mass is 496 g/mol. The van der Waals surface area contributed by atoms with E-state index in [1.165, 1.54) is 18.2 Å². The Kier molecular flexibility index (Phi) is 5.88. The number of rotatable bonds is 4. The molecule has 1 heterocycles. The summed E-state index contributed by atoms with van der Waals surface area (Å²) in [5.41, 5.74) is 3.62. The van der Waals surface area contributed by atoms with Crippen LogP contribution in [-0.2, 0) is 9.59 Å². The van der Waals surface area contributed by atoms with Gasteiger partial charge in [-0.3, -0.25) is 15.0 Å². The van der Waals surface area contributed by atoms with Crippen LogP contribution in [0.1, 0.15) is 15.9 Å². The summed E-state index contributed by atoms with van der Waals surface area (Å²) in [5.74, 6) is -1.51. The Morgan fingerprint density at radius 3 is 2.42 bits per heavy atom. The van der Waals surface area contributed by atoms with Crippen molar-refractivity contribution < 1.29 is 19.1 Å². The fourth-order valence-corrected chi connectivity index (χ4v) is 3.39. The molecule has 0 spiro atoms. The average Bonchev–Trinajstić information content (AvgIpc) is 3.05. The number of ether oxygens (including phenoxy) is 1. The lowest BCUT2D eigenvalue weighted by Crippen LogP contribution is -2.35. The maximum atomic E-state index is 12.8. The van der Waals surface area contributed by atoms with E-state index in [0.717, 1.165) is 9.48 Å². The second kappa shape index (κ2) is 8.75. The molecule has 154 valence electrons. The van der Waals surface area contributed by atoms with E-state index in [-0.39, 0.29) is 11.3 Å². The third kappa shape index (κ3) is 4.52. The number of carbonyl (C=O) groups is 3. The third-order valence-electron chi connectivity index (χ3n) is 4.46. The van der Waals surface area contributed by atoms with Crippen molar-refractivity contribution in [2.45, 2.75) is 0 Å². The lowest BCUT2D eigenvalue weighted by atomic mass is 10.1. The predicted molar refractivity (Wildman–Crippen MR) is 121 cm³/mol. The number of hydrogen-bond donors (Lipinski definition) is 1. The van der Waals surface area contributed by atoms with Gasteiger partial charge in [0.2, 0.25) is 0 Å². The summed E-state index contributed by atoms with van der Waals surface area (Å²) in [4.78, 5) is 37.8. The molecule has 1 aliphatic rings. The number of nitrogens with zero attached hydrogens (tertiary/aromatic N) is 1. The highest BCUT2D eigenvalue weighted by molar-refractivity contribution is 9.10. The molecule has 3 aromatic carbocycles. The Balaban J connectivity index is 1.65. The summed E-state index contributed by atoms with van der Waals surface area (Å²) in [5, 5.41) is 1.52. The van der Waals surface area contributed by atoms with Crippen LogP contribution in [0.2, 0.25) is 5.02 Å². The van der Waals surface area contributed by atoms with Gasteiger partial charge in [0.1, 0.15) is 11.3 Å². The molecular formula is C23H14BrClN2O4. The van der Waals surface area contributed by atoms with E-state index in [4.69, 9.17) is 16.3 Å². The molecule has 0 aliphatic carbocycles. The maximum Gasteiger partial charge on any atom is 0.343 e. The first kappa shape index (κ1) is 20.8. The summed E-state index contributed by atoms with van der Waals surface area (Å²) >= 11 is 9.41. The van der Waals surface area contributed by atoms with Gasteiger partial charge in [0, 0.05) is 15.1 Å². The van der Waals surface area contributed by atoms with Crippen LogP contribution in [0, 0.1) is 0 Å². The molecule has 31 heavy (non-hydrogen) atoms. The molecule has 0 atom stereocenters. The summed E-state index contributed by atoms with van der Waals surface area (Å²) in [6.45, 7) is 0. The van der Waals surface area contributed by atoms with E-state index in [1.807, 2.05) is 0 Å². The van der Waals surface area contributed by atoms with Gasteiger partial charge in [-0.1, -0.05) is 45.7 Å². The molecule has 8 heteroatoms. The van der Waals surface area contributed by atoms with Crippen molar-refractivity contribution in [3.8, 4) is 5.75 Å². The van der Waals surface area contributed by atoms with Gasteiger partial charge in [-0.15, -0.1) is 0 Å². The molecule has 0 unspecified atom stereocenters. The molecule has 3 aromatic rings. The highest BCUT2D eigenvalue weighted by Crippen LogP contribution is 2.28. The molecule has 1 N–H and O–H groups in total. The van der Waals surface area contributed by atoms with Gasteiger partial charge >= 0.3 is 5.97 Å². The minimum absolute atomic E-state index is 0.105. The van der Waals surface area contributed by atoms with Gasteiger partial charge in [-0.25, -0.2) is 9.80 Å². The van der Waals surface area contributed by atoms with Gasteiger partial charge in [-0.2, -0.15) is 0 Å². The van der Waals surface area contributed by atoms with Crippen LogP contribution in [0.4, 0.5) is 5.69 Å². The van der Waals surface area contributed by atoms with Crippen molar-refractivity contribution in [1.82, 2.24) is 5.43 Å². The normalized spacial score (nSPS) is 14.6. The molecular weight excluding hydrogens is 484 g/mol. The van der Waals surface area contributed by atoms with Gasteiger partial charge < -0.3 is 4.74 Å². The average molecular weight is 498 g/mol. The Labute approximate surface area is 191 Å². The molecule has 1 aliphatic heterocycles. The zero-order valence-corrected chi connectivity index (χ0v) is 18.2. The minimum Gasteiger partial charge on any atom is -0.422 e. The molecule has 6 nitrogen and oxygen atoms in total. The Bertz CT molecular complexity index is 1210. The number of hydrogen-bond acceptors (Lipinski definition) is 4. The predicted octanol–water partition coefficient (Wildman–Crippen LogP) is 4.78. The van der Waals surface area contributed by atoms with E-state index < -0.39 is 17.8 Å². The number of amides is 2. The van der Waals surface area contributed by atoms with Crippen LogP contribution in [0.5, 0.6) is 5.75 Å². The fraction of sp³-hybridized carbons (Fsp3) is 0. The second-order valence-electron chi connectivity index (χ2n) is 6.55. The zero-order valence-electron chi connectivity index (χ0n) is 15.8. The molecule has 0 bridgehead atoms. The van der Waals surface area contributed by atoms with Gasteiger partial charge in [-0.05, 0) is 60.7 Å². The number of anilines is 1. The number of benzene rings is 3. The van der Waals surface area contributed by atoms with Crippen molar-refractivity contribution in [1.29, 1.82) is 0 Å². The molecule has 1 saturated heterocycles. The highest BCUT2D eigenvalue weighted by Gasteiger charge is 2.34. The summed E-state index contributed by atoms with van der Waals surface area (Å²) < 4.78 is 6.33. The van der Waals surface area contributed by atoms with Crippen LogP contribution in [0.3, 0.4) is 0 Å². The van der Waals surface area contributed by atoms with Crippen LogP contribution >= 0.6 is 27.5 Å². The second-order valence-corrected chi connectivity index (χ2v) is 7.91. The van der Waals surface area contributed by atoms with Crippen LogP contribution in [-0.4, -0.2) is 17.8 Å². The lowest BCUT2D eigenvalue weighted by Gasteiger charge is -2.14. The molecule has 0 aromatic heterocycles. The van der Waals surface area contributed by atoms with Crippen molar-refractivity contribution in [3.05, 3.63) is 99.0 Å². The first-order chi connectivity index (χ1) is 14.9. The van der Waals surface area contributed by atoms with Crippen LogP contribution in [0.25, 0.3) is 6.08 Å². The number of para-hydroxylation sites is 1.